The molecule has 5 unspecified atom stereocenters. The van der Waals surface area contributed by atoms with Crippen LogP contribution in [0.25, 0.3) is 0 Å². The fourth-order valence-electron chi connectivity index (χ4n) is 10.5. The molecule has 40 heavy (non-hydrogen) atoms. The molecule has 6 nitrogen and oxygen atoms in total. The second kappa shape index (κ2) is 14.2. The number of nitrogens with two attached hydrogens (primary N) is 1. The third-order valence-corrected chi connectivity index (χ3v) is 12.9. The van der Waals surface area contributed by atoms with Crippen LogP contribution in [0, 0.1) is 46.3 Å². The van der Waals surface area contributed by atoms with Crippen molar-refractivity contribution in [1.29, 1.82) is 0 Å². The molecular weight excluding hydrogens is 496 g/mol. The first-order chi connectivity index (χ1) is 19.2. The van der Waals surface area contributed by atoms with E-state index in [1.54, 1.807) is 0 Å². The molecule has 0 bridgehead atoms. The molecule has 5 N–H and O–H groups in total. The van der Waals surface area contributed by atoms with Gasteiger partial charge in [-0.05, 0) is 157 Å². The zero-order chi connectivity index (χ0) is 28.9. The highest BCUT2D eigenvalue weighted by Crippen LogP contribution is 2.68. The second-order valence-electron chi connectivity index (χ2n) is 14.8. The normalized spacial score (nSPS) is 39.7. The van der Waals surface area contributed by atoms with Crippen LogP contribution >= 0.6 is 0 Å². The van der Waals surface area contributed by atoms with E-state index in [9.17, 15) is 9.90 Å². The first-order valence-corrected chi connectivity index (χ1v) is 17.3. The van der Waals surface area contributed by atoms with E-state index >= 15 is 0 Å². The number of aliphatic hydroxyl groups excluding tert-OH is 1. The fourth-order valence-corrected chi connectivity index (χ4v) is 10.5. The lowest BCUT2D eigenvalue weighted by Gasteiger charge is -2.62. The molecule has 0 saturated heterocycles. The van der Waals surface area contributed by atoms with Crippen molar-refractivity contribution in [3.63, 3.8) is 0 Å². The van der Waals surface area contributed by atoms with Crippen molar-refractivity contribution < 1.29 is 9.90 Å². The van der Waals surface area contributed by atoms with Crippen molar-refractivity contribution in [3.05, 3.63) is 0 Å². The largest absolute Gasteiger partial charge is 0.393 e. The van der Waals surface area contributed by atoms with E-state index in [1.165, 1.54) is 51.4 Å². The number of rotatable bonds is 14. The fraction of sp³-hybridized carbons (Fsp3) is 0.971. The molecule has 4 rings (SSSR count). The minimum absolute atomic E-state index is 0.142. The summed E-state index contributed by atoms with van der Waals surface area (Å²) in [6.45, 7) is 17.3. The van der Waals surface area contributed by atoms with Gasteiger partial charge in [0, 0.05) is 25.6 Å². The van der Waals surface area contributed by atoms with E-state index in [-0.39, 0.29) is 6.10 Å². The molecule has 4 aliphatic rings. The lowest BCUT2D eigenvalue weighted by molar-refractivity contribution is -0.167. The van der Waals surface area contributed by atoms with E-state index in [0.29, 0.717) is 64.7 Å². The van der Waals surface area contributed by atoms with Gasteiger partial charge >= 0.3 is 0 Å². The monoisotopic (exact) mass is 561 g/mol. The Kier molecular flexibility index (Phi) is 11.4. The Hall–Kier alpha value is -0.690. The number of carbonyl (C=O) groups excluding carboxylic acids is 1. The quantitative estimate of drug-likeness (QED) is 0.220. The molecule has 4 saturated carbocycles. The van der Waals surface area contributed by atoms with E-state index in [2.05, 4.69) is 45.3 Å². The van der Waals surface area contributed by atoms with Crippen molar-refractivity contribution in [2.75, 3.05) is 39.3 Å². The molecule has 1 amide bonds. The van der Waals surface area contributed by atoms with E-state index in [0.717, 1.165) is 58.5 Å². The Bertz CT molecular complexity index is 805. The zero-order valence-electron chi connectivity index (χ0n) is 26.7. The average Bonchev–Trinajstić information content (AvgIpc) is 3.29. The third-order valence-electron chi connectivity index (χ3n) is 12.9. The van der Waals surface area contributed by atoms with Gasteiger partial charge in [-0.15, -0.1) is 0 Å². The Balaban J connectivity index is 1.33. The van der Waals surface area contributed by atoms with Crippen LogP contribution in [-0.2, 0) is 4.79 Å². The van der Waals surface area contributed by atoms with Crippen LogP contribution in [0.1, 0.15) is 112 Å². The van der Waals surface area contributed by atoms with Crippen LogP contribution in [0.3, 0.4) is 0 Å². The molecule has 4 aliphatic carbocycles. The van der Waals surface area contributed by atoms with E-state index < -0.39 is 0 Å². The van der Waals surface area contributed by atoms with Gasteiger partial charge in [0.15, 0.2) is 0 Å². The van der Waals surface area contributed by atoms with Crippen molar-refractivity contribution in [3.8, 4) is 0 Å². The summed E-state index contributed by atoms with van der Waals surface area (Å²) in [5.41, 5.74) is 6.29. The molecule has 0 radical (unpaired) electrons. The van der Waals surface area contributed by atoms with Crippen LogP contribution in [0.2, 0.25) is 0 Å². The van der Waals surface area contributed by atoms with E-state index in [4.69, 9.17) is 5.73 Å². The van der Waals surface area contributed by atoms with Gasteiger partial charge in [0.1, 0.15) is 0 Å². The predicted molar refractivity (Wildman–Crippen MR) is 166 cm³/mol. The molecule has 0 aromatic carbocycles. The lowest BCUT2D eigenvalue weighted by atomic mass is 9.43. The van der Waals surface area contributed by atoms with Gasteiger partial charge in [-0.3, -0.25) is 4.79 Å². The Morgan fingerprint density at radius 3 is 2.40 bits per heavy atom. The molecular formula is C34H64N4O2. The molecule has 0 spiro atoms. The molecule has 0 aliphatic heterocycles. The van der Waals surface area contributed by atoms with Crippen molar-refractivity contribution in [2.45, 2.75) is 124 Å². The van der Waals surface area contributed by atoms with Gasteiger partial charge in [-0.25, -0.2) is 0 Å². The summed E-state index contributed by atoms with van der Waals surface area (Å²) in [6, 6.07) is 0.607. The van der Waals surface area contributed by atoms with Crippen molar-refractivity contribution in [1.82, 2.24) is 15.5 Å². The number of nitrogens with one attached hydrogen (secondary N) is 2. The third kappa shape index (κ3) is 6.60. The maximum atomic E-state index is 12.7. The molecule has 10 atom stereocenters. The number of hydrogen-bond acceptors (Lipinski definition) is 5. The smallest absolute Gasteiger partial charge is 0.222 e. The van der Waals surface area contributed by atoms with Gasteiger partial charge in [-0.1, -0.05) is 20.8 Å². The molecule has 0 heterocycles. The van der Waals surface area contributed by atoms with E-state index in [1.807, 2.05) is 4.90 Å². The summed E-state index contributed by atoms with van der Waals surface area (Å²) in [5.74, 6) is 4.02. The highest BCUT2D eigenvalue weighted by molar-refractivity contribution is 5.76. The first kappa shape index (κ1) is 32.2. The van der Waals surface area contributed by atoms with Crippen LogP contribution in [0.4, 0.5) is 0 Å². The molecule has 0 aromatic rings. The topological polar surface area (TPSA) is 90.6 Å². The first-order valence-electron chi connectivity index (χ1n) is 17.3. The molecule has 232 valence electrons. The maximum absolute atomic E-state index is 12.7. The summed E-state index contributed by atoms with van der Waals surface area (Å²) in [5, 5.41) is 19.1. The van der Waals surface area contributed by atoms with Crippen LogP contribution < -0.4 is 16.4 Å². The highest BCUT2D eigenvalue weighted by Gasteiger charge is 2.62. The van der Waals surface area contributed by atoms with Gasteiger partial charge in [0.2, 0.25) is 5.91 Å². The summed E-state index contributed by atoms with van der Waals surface area (Å²) in [7, 11) is 0. The molecule has 6 heteroatoms. The maximum Gasteiger partial charge on any atom is 0.222 e. The molecule has 0 aromatic heterocycles. The number of aliphatic hydroxyl groups is 1. The number of nitrogens with zero attached hydrogens (tertiary/aromatic N) is 1. The predicted octanol–water partition coefficient (Wildman–Crippen LogP) is 5.19. The van der Waals surface area contributed by atoms with Gasteiger partial charge in [0.25, 0.3) is 0 Å². The number of fused-ring (bicyclic) bond motifs is 5. The van der Waals surface area contributed by atoms with Gasteiger partial charge in [-0.2, -0.15) is 0 Å². The lowest BCUT2D eigenvalue weighted by Crippen LogP contribution is -2.59. The SMILES string of the molecule is CCN(CC)C(=O)CC[C@@H](C)C1CCC2C3C(CC[C@@]21C)[C@@]1(C)CC[C@H](NCCCNCCCN)CC1C[C@H]3O. The average molecular weight is 561 g/mol. The van der Waals surface area contributed by atoms with Crippen molar-refractivity contribution >= 4 is 5.91 Å². The van der Waals surface area contributed by atoms with Gasteiger partial charge in [0.05, 0.1) is 6.10 Å². The molecule has 4 fully saturated rings. The Morgan fingerprint density at radius 1 is 0.975 bits per heavy atom. The van der Waals surface area contributed by atoms with Crippen LogP contribution in [0.15, 0.2) is 0 Å². The number of carbonyl (C=O) groups is 1. The number of hydrogen-bond donors (Lipinski definition) is 4. The highest BCUT2D eigenvalue weighted by atomic mass is 16.3. The standard InChI is InChI=1S/C34H64N4O2/c1-6-38(7-2)31(40)13-10-24(3)27-11-12-28-32-29(15-17-34(27,28)5)33(4)16-14-26(22-25(33)23-30(32)39)37-21-9-20-36-19-8-18-35/h24-30,32,36-37,39H,6-23,35H2,1-5H3/t24-,25?,26+,27?,28?,29?,30-,32?,33+,34-/m1/s1. The Labute approximate surface area is 246 Å². The minimum atomic E-state index is -0.142. The summed E-state index contributed by atoms with van der Waals surface area (Å²) < 4.78 is 0. The van der Waals surface area contributed by atoms with Crippen molar-refractivity contribution in [2.24, 2.45) is 52.1 Å². The number of amides is 1. The van der Waals surface area contributed by atoms with Crippen LogP contribution in [0.5, 0.6) is 0 Å². The Morgan fingerprint density at radius 2 is 1.68 bits per heavy atom. The summed E-state index contributed by atoms with van der Waals surface area (Å²) >= 11 is 0. The minimum Gasteiger partial charge on any atom is -0.393 e. The summed E-state index contributed by atoms with van der Waals surface area (Å²) in [4.78, 5) is 14.7. The van der Waals surface area contributed by atoms with Crippen LogP contribution in [-0.4, -0.2) is 67.3 Å². The summed E-state index contributed by atoms with van der Waals surface area (Å²) in [6.07, 6.45) is 13.8. The van der Waals surface area contributed by atoms with Gasteiger partial charge < -0.3 is 26.4 Å². The zero-order valence-corrected chi connectivity index (χ0v) is 26.7. The second-order valence-corrected chi connectivity index (χ2v) is 14.8.